The third kappa shape index (κ3) is 2.57. The molecule has 4 aromatic rings. The first-order valence-electron chi connectivity index (χ1n) is 7.90. The fraction of sp³-hybridized carbons (Fsp3) is 0.158. The summed E-state index contributed by atoms with van der Waals surface area (Å²) in [5, 5.41) is 2.16. The average molecular weight is 352 g/mol. The molecule has 0 aliphatic carbocycles. The topological polar surface area (TPSA) is 68.9 Å². The van der Waals surface area contributed by atoms with Crippen molar-refractivity contribution in [2.75, 3.05) is 0 Å². The van der Waals surface area contributed by atoms with Gasteiger partial charge < -0.3 is 4.42 Å². The molecule has 0 fully saturated rings. The summed E-state index contributed by atoms with van der Waals surface area (Å²) < 4.78 is 5.60. The van der Waals surface area contributed by atoms with Gasteiger partial charge in [-0.25, -0.2) is 9.97 Å². The zero-order chi connectivity index (χ0) is 17.6. The Hall–Kier alpha value is -2.79. The lowest BCUT2D eigenvalue weighted by Crippen LogP contribution is -2.01. The highest BCUT2D eigenvalue weighted by Gasteiger charge is 2.16. The number of aromatic nitrogens is 3. The van der Waals surface area contributed by atoms with E-state index in [0.717, 1.165) is 33.0 Å². The Bertz CT molecular complexity index is 1130. The van der Waals surface area contributed by atoms with Gasteiger partial charge >= 0.3 is 0 Å². The van der Waals surface area contributed by atoms with Gasteiger partial charge in [0, 0.05) is 40.7 Å². The van der Waals surface area contributed by atoms with Crippen LogP contribution in [0.3, 0.4) is 0 Å². The molecule has 0 saturated carbocycles. The maximum atomic E-state index is 11.9. The number of pyridine rings is 2. The minimum absolute atomic E-state index is 0.0265. The second-order valence-corrected chi connectivity index (χ2v) is 6.23. The molecule has 0 N–H and O–H groups in total. The molecule has 3 aromatic heterocycles. The minimum atomic E-state index is 0.0265. The smallest absolute Gasteiger partial charge is 0.182 e. The van der Waals surface area contributed by atoms with Crippen molar-refractivity contribution in [3.63, 3.8) is 0 Å². The molecule has 0 amide bonds. The van der Waals surface area contributed by atoms with E-state index in [9.17, 15) is 4.79 Å². The van der Waals surface area contributed by atoms with Gasteiger partial charge in [-0.1, -0.05) is 18.5 Å². The summed E-state index contributed by atoms with van der Waals surface area (Å²) in [7, 11) is 0. The highest BCUT2D eigenvalue weighted by atomic mass is 35.5. The summed E-state index contributed by atoms with van der Waals surface area (Å²) >= 11 is 6.01. The van der Waals surface area contributed by atoms with Crippen molar-refractivity contribution in [3.8, 4) is 11.1 Å². The molecule has 0 saturated heterocycles. The number of benzene rings is 1. The van der Waals surface area contributed by atoms with E-state index in [1.165, 1.54) is 6.39 Å². The van der Waals surface area contributed by atoms with Crippen molar-refractivity contribution in [2.45, 2.75) is 20.3 Å². The summed E-state index contributed by atoms with van der Waals surface area (Å²) in [5.74, 6) is 0.0265. The molecule has 6 heteroatoms. The summed E-state index contributed by atoms with van der Waals surface area (Å²) in [6, 6.07) is 5.58. The van der Waals surface area contributed by atoms with Gasteiger partial charge in [0.15, 0.2) is 17.8 Å². The van der Waals surface area contributed by atoms with Gasteiger partial charge in [0.2, 0.25) is 0 Å². The van der Waals surface area contributed by atoms with E-state index in [0.29, 0.717) is 22.9 Å². The van der Waals surface area contributed by atoms with Crippen molar-refractivity contribution < 1.29 is 9.21 Å². The first-order chi connectivity index (χ1) is 12.1. The lowest BCUT2D eigenvalue weighted by molar-refractivity contribution is 0.0983. The number of ketones is 1. The van der Waals surface area contributed by atoms with Crippen molar-refractivity contribution in [3.05, 3.63) is 53.4 Å². The molecule has 5 nitrogen and oxygen atoms in total. The normalized spacial score (nSPS) is 11.3. The summed E-state index contributed by atoms with van der Waals surface area (Å²) in [6.45, 7) is 3.79. The molecule has 1 aromatic carbocycles. The van der Waals surface area contributed by atoms with E-state index in [1.807, 2.05) is 26.0 Å². The Balaban J connectivity index is 1.99. The Morgan fingerprint density at radius 3 is 2.72 bits per heavy atom. The molecule has 25 heavy (non-hydrogen) atoms. The van der Waals surface area contributed by atoms with Crippen molar-refractivity contribution in [2.24, 2.45) is 0 Å². The molecule has 0 radical (unpaired) electrons. The Morgan fingerprint density at radius 1 is 1.12 bits per heavy atom. The van der Waals surface area contributed by atoms with Crippen molar-refractivity contribution >= 4 is 39.3 Å². The zero-order valence-corrected chi connectivity index (χ0v) is 14.5. The number of oxazole rings is 1. The maximum Gasteiger partial charge on any atom is 0.182 e. The molecular weight excluding hydrogens is 338 g/mol. The van der Waals surface area contributed by atoms with Gasteiger partial charge in [-0.2, -0.15) is 0 Å². The van der Waals surface area contributed by atoms with E-state index < -0.39 is 0 Å². The molecule has 0 unspecified atom stereocenters. The fourth-order valence-electron chi connectivity index (χ4n) is 2.98. The standard InChI is InChI=1S/C19H14ClN3O2/c1-3-16(24)15-4-10(2)14(8-21-15)13-5-11-7-22-17(20)6-12(11)19-18(13)23-9-25-19/h4-9H,3H2,1-2H3. The molecule has 4 rings (SSSR count). The van der Waals surface area contributed by atoms with Crippen LogP contribution < -0.4 is 0 Å². The van der Waals surface area contributed by atoms with Crippen LogP contribution in [-0.2, 0) is 0 Å². The van der Waals surface area contributed by atoms with E-state index in [4.69, 9.17) is 16.0 Å². The van der Waals surface area contributed by atoms with Crippen LogP contribution in [0.15, 0.2) is 41.4 Å². The Labute approximate surface area is 148 Å². The zero-order valence-electron chi connectivity index (χ0n) is 13.7. The predicted octanol–water partition coefficient (Wildman–Crippen LogP) is 4.99. The van der Waals surface area contributed by atoms with Crippen LogP contribution in [0.4, 0.5) is 0 Å². The van der Waals surface area contributed by atoms with Gasteiger partial charge in [0.25, 0.3) is 0 Å². The highest BCUT2D eigenvalue weighted by Crippen LogP contribution is 2.35. The Kier molecular flexibility index (Phi) is 3.73. The number of hydrogen-bond acceptors (Lipinski definition) is 5. The maximum absolute atomic E-state index is 11.9. The van der Waals surface area contributed by atoms with E-state index >= 15 is 0 Å². The Morgan fingerprint density at radius 2 is 1.96 bits per heavy atom. The number of nitrogens with zero attached hydrogens (tertiary/aromatic N) is 3. The lowest BCUT2D eigenvalue weighted by atomic mass is 9.97. The molecule has 0 atom stereocenters. The molecule has 124 valence electrons. The molecule has 0 spiro atoms. The monoisotopic (exact) mass is 351 g/mol. The van der Waals surface area contributed by atoms with Gasteiger partial charge in [-0.05, 0) is 30.7 Å². The molecule has 3 heterocycles. The number of carbonyl (C=O) groups is 1. The predicted molar refractivity (Wildman–Crippen MR) is 96.9 cm³/mol. The van der Waals surface area contributed by atoms with E-state index in [1.54, 1.807) is 18.5 Å². The average Bonchev–Trinajstić information content (AvgIpc) is 3.11. The number of hydrogen-bond donors (Lipinski definition) is 0. The highest BCUT2D eigenvalue weighted by molar-refractivity contribution is 6.30. The number of Topliss-reactive ketones (excluding diaryl/α,β-unsaturated/α-hetero) is 1. The SMILES string of the molecule is CCC(=O)c1cc(C)c(-c2cc3cnc(Cl)cc3c3ocnc23)cn1. The first kappa shape index (κ1) is 15.7. The first-order valence-corrected chi connectivity index (χ1v) is 8.28. The van der Waals surface area contributed by atoms with Crippen LogP contribution in [0.5, 0.6) is 0 Å². The van der Waals surface area contributed by atoms with Gasteiger partial charge in [0.1, 0.15) is 16.4 Å². The van der Waals surface area contributed by atoms with Crippen molar-refractivity contribution in [1.82, 2.24) is 15.0 Å². The lowest BCUT2D eigenvalue weighted by Gasteiger charge is -2.09. The number of rotatable bonds is 3. The molecule has 0 aliphatic rings. The second kappa shape index (κ2) is 5.93. The molecule has 0 aliphatic heterocycles. The van der Waals surface area contributed by atoms with Crippen LogP contribution in [0.1, 0.15) is 29.4 Å². The third-order valence-electron chi connectivity index (χ3n) is 4.28. The fourth-order valence-corrected chi connectivity index (χ4v) is 3.14. The molecular formula is C19H14ClN3O2. The van der Waals surface area contributed by atoms with Crippen LogP contribution >= 0.6 is 11.6 Å². The van der Waals surface area contributed by atoms with Crippen molar-refractivity contribution in [1.29, 1.82) is 0 Å². The number of carbonyl (C=O) groups excluding carboxylic acids is 1. The van der Waals surface area contributed by atoms with Gasteiger partial charge in [-0.15, -0.1) is 0 Å². The van der Waals surface area contributed by atoms with E-state index in [2.05, 4.69) is 15.0 Å². The summed E-state index contributed by atoms with van der Waals surface area (Å²) in [6.07, 6.45) is 5.28. The number of halogens is 1. The van der Waals surface area contributed by atoms with Crippen LogP contribution in [0, 0.1) is 6.92 Å². The largest absolute Gasteiger partial charge is 0.443 e. The quantitative estimate of drug-likeness (QED) is 0.384. The molecule has 0 bridgehead atoms. The van der Waals surface area contributed by atoms with E-state index in [-0.39, 0.29) is 5.78 Å². The number of aryl methyl sites for hydroxylation is 1. The van der Waals surface area contributed by atoms with Crippen LogP contribution in [0.2, 0.25) is 5.15 Å². The second-order valence-electron chi connectivity index (χ2n) is 5.84. The van der Waals surface area contributed by atoms with Gasteiger partial charge in [-0.3, -0.25) is 9.78 Å². The number of fused-ring (bicyclic) bond motifs is 3. The summed E-state index contributed by atoms with van der Waals surface area (Å²) in [5.41, 5.74) is 4.62. The van der Waals surface area contributed by atoms with Gasteiger partial charge in [0.05, 0.1) is 0 Å². The minimum Gasteiger partial charge on any atom is -0.443 e. The van der Waals surface area contributed by atoms with Crippen LogP contribution in [0.25, 0.3) is 33.0 Å². The van der Waals surface area contributed by atoms with Crippen LogP contribution in [-0.4, -0.2) is 20.7 Å². The summed E-state index contributed by atoms with van der Waals surface area (Å²) in [4.78, 5) is 24.7. The third-order valence-corrected chi connectivity index (χ3v) is 4.48.